The van der Waals surface area contributed by atoms with Crippen LogP contribution in [0.15, 0.2) is 74.4 Å². The number of esters is 1. The summed E-state index contributed by atoms with van der Waals surface area (Å²) >= 11 is 0. The molecule has 0 aliphatic heterocycles. The molecule has 0 bridgehead atoms. The molecule has 0 fully saturated rings. The second-order valence-electron chi connectivity index (χ2n) is 9.85. The highest BCUT2D eigenvalue weighted by Crippen LogP contribution is 2.40. The normalized spacial score (nSPS) is 13.7. The Kier molecular flexibility index (Phi) is 9.53. The lowest BCUT2D eigenvalue weighted by Crippen LogP contribution is -2.45. The predicted octanol–water partition coefficient (Wildman–Crippen LogP) is 2.92. The predicted molar refractivity (Wildman–Crippen MR) is 146 cm³/mol. The zero-order chi connectivity index (χ0) is 30.3. The smallest absolute Gasteiger partial charge is 0.457 e. The van der Waals surface area contributed by atoms with Crippen LogP contribution in [0.1, 0.15) is 40.9 Å². The van der Waals surface area contributed by atoms with Gasteiger partial charge in [-0.25, -0.2) is 9.36 Å². The van der Waals surface area contributed by atoms with Gasteiger partial charge in [0.1, 0.15) is 5.69 Å². The van der Waals surface area contributed by atoms with Crippen LogP contribution in [0.3, 0.4) is 0 Å². The van der Waals surface area contributed by atoms with Crippen molar-refractivity contribution in [2.75, 3.05) is 6.61 Å². The van der Waals surface area contributed by atoms with Crippen molar-refractivity contribution in [3.8, 4) is 11.1 Å². The first-order valence-electron chi connectivity index (χ1n) is 12.7. The Balaban J connectivity index is 1.58. The van der Waals surface area contributed by atoms with Gasteiger partial charge in [-0.05, 0) is 43.4 Å². The van der Waals surface area contributed by atoms with E-state index < -0.39 is 50.2 Å². The van der Waals surface area contributed by atoms with Crippen molar-refractivity contribution >= 4 is 19.7 Å². The minimum Gasteiger partial charge on any atom is -0.457 e. The fraction of sp³-hybridized carbons (Fsp3) is 0.296. The molecule has 0 aliphatic carbocycles. The number of rotatable bonds is 13. The van der Waals surface area contributed by atoms with Gasteiger partial charge in [0.25, 0.3) is 5.91 Å². The number of amides is 1. The molecule has 2 aromatic heterocycles. The summed E-state index contributed by atoms with van der Waals surface area (Å²) in [5.74, 6) is -2.37. The molecular weight excluding hydrogens is 571 g/mol. The first-order chi connectivity index (χ1) is 19.9. The van der Waals surface area contributed by atoms with E-state index in [1.165, 1.54) is 20.0 Å². The van der Waals surface area contributed by atoms with Crippen molar-refractivity contribution in [1.29, 1.82) is 0 Å². The number of H-pyrrole nitrogens is 1. The van der Waals surface area contributed by atoms with Crippen molar-refractivity contribution in [1.82, 2.24) is 20.7 Å². The maximum atomic E-state index is 13.3. The molecular formula is C27H29N4O10P. The molecule has 222 valence electrons. The van der Waals surface area contributed by atoms with E-state index in [0.717, 1.165) is 16.7 Å². The van der Waals surface area contributed by atoms with Gasteiger partial charge < -0.3 is 28.7 Å². The Morgan fingerprint density at radius 1 is 1.10 bits per heavy atom. The number of phosphoric acid groups is 1. The minimum atomic E-state index is -4.99. The van der Waals surface area contributed by atoms with Gasteiger partial charge in [-0.15, -0.1) is 5.10 Å². The Bertz CT molecular complexity index is 1600. The van der Waals surface area contributed by atoms with Crippen LogP contribution in [-0.4, -0.2) is 49.7 Å². The quantitative estimate of drug-likeness (QED) is 0.129. The number of aromatic amines is 1. The third-order valence-electron chi connectivity index (χ3n) is 6.45. The van der Waals surface area contributed by atoms with Gasteiger partial charge in [0, 0.05) is 6.04 Å². The molecule has 42 heavy (non-hydrogen) atoms. The SMILES string of the molecule is Cc1oc(=O)oc1COC(=O)[C@](C)(COP(=O)(O)O)C[C@@H](Cc1ccc(-c2ccccc2)cc1)NC(=O)c1cnn[nH]1. The van der Waals surface area contributed by atoms with E-state index >= 15 is 0 Å². The van der Waals surface area contributed by atoms with Crippen LogP contribution in [0, 0.1) is 12.3 Å². The van der Waals surface area contributed by atoms with Crippen molar-refractivity contribution in [3.05, 3.63) is 94.2 Å². The minimum absolute atomic E-state index is 0.0262. The summed E-state index contributed by atoms with van der Waals surface area (Å²) in [6.07, 6.45) is 1.30. The molecule has 0 spiro atoms. The number of benzene rings is 2. The number of aryl methyl sites for hydroxylation is 1. The first kappa shape index (κ1) is 30.6. The third-order valence-corrected chi connectivity index (χ3v) is 6.91. The molecule has 15 heteroatoms. The number of hydrogen-bond acceptors (Lipinski definition) is 10. The highest BCUT2D eigenvalue weighted by Gasteiger charge is 2.40. The van der Waals surface area contributed by atoms with Crippen LogP contribution < -0.4 is 11.1 Å². The average molecular weight is 601 g/mol. The van der Waals surface area contributed by atoms with Gasteiger partial charge in [-0.2, -0.15) is 0 Å². The molecule has 0 aliphatic rings. The van der Waals surface area contributed by atoms with Crippen LogP contribution in [0.2, 0.25) is 0 Å². The summed E-state index contributed by atoms with van der Waals surface area (Å²) in [4.78, 5) is 56.3. The fourth-order valence-electron chi connectivity index (χ4n) is 4.28. The van der Waals surface area contributed by atoms with E-state index in [4.69, 9.17) is 18.1 Å². The highest BCUT2D eigenvalue weighted by atomic mass is 31.2. The summed E-state index contributed by atoms with van der Waals surface area (Å²) in [6.45, 7) is 1.62. The van der Waals surface area contributed by atoms with Crippen LogP contribution in [0.5, 0.6) is 0 Å². The maximum absolute atomic E-state index is 13.3. The Labute approximate surface area is 239 Å². The maximum Gasteiger partial charge on any atom is 0.519 e. The van der Waals surface area contributed by atoms with Crippen molar-refractivity contribution in [2.24, 2.45) is 5.41 Å². The van der Waals surface area contributed by atoms with Crippen LogP contribution in [-0.2, 0) is 31.6 Å². The number of nitrogens with one attached hydrogen (secondary N) is 2. The van der Waals surface area contributed by atoms with E-state index in [1.807, 2.05) is 54.6 Å². The number of ether oxygens (including phenoxy) is 1. The molecule has 2 aromatic carbocycles. The summed E-state index contributed by atoms with van der Waals surface area (Å²) in [7, 11) is -4.99. The van der Waals surface area contributed by atoms with Crippen molar-refractivity contribution in [2.45, 2.75) is 39.3 Å². The third kappa shape index (κ3) is 8.33. The monoisotopic (exact) mass is 600 g/mol. The number of hydrogen-bond donors (Lipinski definition) is 4. The fourth-order valence-corrected chi connectivity index (χ4v) is 4.73. The van der Waals surface area contributed by atoms with Crippen LogP contribution in [0.25, 0.3) is 11.1 Å². The van der Waals surface area contributed by atoms with E-state index in [0.29, 0.717) is 0 Å². The second-order valence-corrected chi connectivity index (χ2v) is 11.1. The van der Waals surface area contributed by atoms with Crippen molar-refractivity contribution in [3.63, 3.8) is 0 Å². The second kappa shape index (κ2) is 13.1. The molecule has 4 N–H and O–H groups in total. The topological polar surface area (TPSA) is 207 Å². The van der Waals surface area contributed by atoms with Gasteiger partial charge in [0.2, 0.25) is 0 Å². The zero-order valence-electron chi connectivity index (χ0n) is 22.7. The summed E-state index contributed by atoms with van der Waals surface area (Å²) in [5.41, 5.74) is 1.21. The lowest BCUT2D eigenvalue weighted by atomic mass is 9.82. The first-order valence-corrected chi connectivity index (χ1v) is 14.2. The molecule has 2 atom stereocenters. The molecule has 0 unspecified atom stereocenters. The molecule has 1 amide bonds. The van der Waals surface area contributed by atoms with E-state index in [1.54, 1.807) is 0 Å². The molecule has 0 saturated carbocycles. The van der Waals surface area contributed by atoms with Gasteiger partial charge in [-0.3, -0.25) is 19.2 Å². The van der Waals surface area contributed by atoms with Gasteiger partial charge in [-0.1, -0.05) is 59.8 Å². The molecule has 2 heterocycles. The van der Waals surface area contributed by atoms with E-state index in [2.05, 4.69) is 20.7 Å². The standard InChI is InChI=1S/C27H29N4O10P/c1-17-23(41-26(34)40-17)15-38-25(33)27(2,16-39-42(35,36)37)13-21(29-24(32)22-14-28-31-30-22)12-18-8-10-20(11-9-18)19-6-4-3-5-7-19/h3-11,14,21H,12-13,15-16H2,1-2H3,(H,29,32)(H,28,30,31)(H2,35,36,37)/t21-,27+/m1/s1. The number of carbonyl (C=O) groups excluding carboxylic acids is 2. The van der Waals surface area contributed by atoms with Crippen LogP contribution >= 0.6 is 7.82 Å². The molecule has 0 radical (unpaired) electrons. The van der Waals surface area contributed by atoms with E-state index in [-0.39, 0.29) is 30.1 Å². The molecule has 14 nitrogen and oxygen atoms in total. The van der Waals surface area contributed by atoms with Gasteiger partial charge in [0.05, 0.1) is 18.2 Å². The highest BCUT2D eigenvalue weighted by molar-refractivity contribution is 7.46. The van der Waals surface area contributed by atoms with Gasteiger partial charge >= 0.3 is 19.6 Å². The summed E-state index contributed by atoms with van der Waals surface area (Å²) < 4.78 is 31.3. The van der Waals surface area contributed by atoms with Crippen LogP contribution in [0.4, 0.5) is 0 Å². The average Bonchev–Trinajstić information content (AvgIpc) is 3.60. The molecule has 0 saturated heterocycles. The number of nitrogens with zero attached hydrogens (tertiary/aromatic N) is 2. The lowest BCUT2D eigenvalue weighted by molar-refractivity contribution is -0.160. The molecule has 4 rings (SSSR count). The lowest BCUT2D eigenvalue weighted by Gasteiger charge is -2.31. The van der Waals surface area contributed by atoms with E-state index in [9.17, 15) is 28.7 Å². The Morgan fingerprint density at radius 3 is 2.38 bits per heavy atom. The number of aromatic nitrogens is 3. The summed E-state index contributed by atoms with van der Waals surface area (Å²) in [5, 5.41) is 12.4. The summed E-state index contributed by atoms with van der Waals surface area (Å²) in [6, 6.07) is 16.6. The molecule has 4 aromatic rings. The Hall–Kier alpha value is -4.36. The zero-order valence-corrected chi connectivity index (χ0v) is 23.6. The number of phosphoric ester groups is 1. The largest absolute Gasteiger partial charge is 0.519 e. The van der Waals surface area contributed by atoms with Crippen molar-refractivity contribution < 1.29 is 42.0 Å². The van der Waals surface area contributed by atoms with Gasteiger partial charge in [0.15, 0.2) is 18.1 Å². The number of carbonyl (C=O) groups is 2. The Morgan fingerprint density at radius 2 is 1.79 bits per heavy atom.